The van der Waals surface area contributed by atoms with E-state index in [9.17, 15) is 14.4 Å². The Kier molecular flexibility index (Phi) is 5.53. The Hall–Kier alpha value is -2.71. The number of carbonyl (C=O) groups excluding carboxylic acids is 2. The average Bonchev–Trinajstić information content (AvgIpc) is 3.01. The molecular weight excluding hydrogens is 402 g/mol. The van der Waals surface area contributed by atoms with E-state index in [-0.39, 0.29) is 11.5 Å². The number of methoxy groups -OCH3 is 1. The summed E-state index contributed by atoms with van der Waals surface area (Å²) in [5.41, 5.74) is 1.53. The fourth-order valence-corrected chi connectivity index (χ4v) is 4.02. The first-order valence-electron chi connectivity index (χ1n) is 8.40. The van der Waals surface area contributed by atoms with Crippen molar-refractivity contribution in [2.75, 3.05) is 12.4 Å². The zero-order chi connectivity index (χ0) is 20.6. The van der Waals surface area contributed by atoms with Gasteiger partial charge >= 0.3 is 5.97 Å². The van der Waals surface area contributed by atoms with Crippen LogP contribution in [0.2, 0.25) is 5.02 Å². The van der Waals surface area contributed by atoms with Crippen LogP contribution in [0.4, 0.5) is 5.69 Å². The lowest BCUT2D eigenvalue weighted by Crippen LogP contribution is -2.32. The number of hydrogen-bond donors (Lipinski definition) is 1. The highest BCUT2D eigenvalue weighted by Crippen LogP contribution is 2.28. The average molecular weight is 420 g/mol. The van der Waals surface area contributed by atoms with Crippen molar-refractivity contribution in [3.63, 3.8) is 0 Å². The molecule has 146 valence electrons. The van der Waals surface area contributed by atoms with Crippen molar-refractivity contribution in [2.45, 2.75) is 26.8 Å². The summed E-state index contributed by atoms with van der Waals surface area (Å²) in [5, 5.41) is 3.60. The molecular formula is C19H18ClN3O4S. The molecule has 0 spiro atoms. The van der Waals surface area contributed by atoms with E-state index in [4.69, 9.17) is 16.3 Å². The van der Waals surface area contributed by atoms with Crippen molar-refractivity contribution < 1.29 is 14.3 Å². The molecule has 0 saturated carbocycles. The number of nitrogens with one attached hydrogen (secondary N) is 1. The Morgan fingerprint density at radius 3 is 2.71 bits per heavy atom. The van der Waals surface area contributed by atoms with E-state index in [1.165, 1.54) is 18.0 Å². The van der Waals surface area contributed by atoms with Crippen molar-refractivity contribution in [3.05, 3.63) is 55.9 Å². The third-order valence-electron chi connectivity index (χ3n) is 4.50. The Bertz CT molecular complexity index is 1150. The number of carbonyl (C=O) groups is 2. The largest absolute Gasteiger partial charge is 0.465 e. The van der Waals surface area contributed by atoms with Gasteiger partial charge in [0.1, 0.15) is 15.7 Å². The van der Waals surface area contributed by atoms with Gasteiger partial charge in [-0.15, -0.1) is 11.3 Å². The van der Waals surface area contributed by atoms with Gasteiger partial charge in [0.05, 0.1) is 18.8 Å². The SMILES string of the molecule is COC(=O)c1sc2ncn(C(C)C(=O)Nc3cc(Cl)ccc3C)c(=O)c2c1C. The molecule has 3 rings (SSSR count). The first-order valence-corrected chi connectivity index (χ1v) is 9.59. The molecule has 28 heavy (non-hydrogen) atoms. The lowest BCUT2D eigenvalue weighted by molar-refractivity contribution is -0.118. The fourth-order valence-electron chi connectivity index (χ4n) is 2.79. The van der Waals surface area contributed by atoms with Gasteiger partial charge in [0.15, 0.2) is 0 Å². The summed E-state index contributed by atoms with van der Waals surface area (Å²) in [6.45, 7) is 5.12. The van der Waals surface area contributed by atoms with Gasteiger partial charge in [0, 0.05) is 10.7 Å². The normalized spacial score (nSPS) is 12.0. The first kappa shape index (κ1) is 20.0. The molecule has 2 aromatic heterocycles. The van der Waals surface area contributed by atoms with E-state index >= 15 is 0 Å². The number of esters is 1. The van der Waals surface area contributed by atoms with Crippen LogP contribution in [-0.2, 0) is 9.53 Å². The summed E-state index contributed by atoms with van der Waals surface area (Å²) in [4.78, 5) is 42.6. The number of fused-ring (bicyclic) bond motifs is 1. The van der Waals surface area contributed by atoms with E-state index in [1.54, 1.807) is 32.0 Å². The number of ether oxygens (including phenoxy) is 1. The quantitative estimate of drug-likeness (QED) is 0.651. The van der Waals surface area contributed by atoms with Gasteiger partial charge < -0.3 is 10.1 Å². The summed E-state index contributed by atoms with van der Waals surface area (Å²) >= 11 is 7.08. The van der Waals surface area contributed by atoms with E-state index in [0.717, 1.165) is 16.9 Å². The van der Waals surface area contributed by atoms with Gasteiger partial charge in [-0.25, -0.2) is 9.78 Å². The van der Waals surface area contributed by atoms with Crippen LogP contribution < -0.4 is 10.9 Å². The number of anilines is 1. The first-order chi connectivity index (χ1) is 13.2. The Labute approximate surface area is 169 Å². The maximum Gasteiger partial charge on any atom is 0.348 e. The second-order valence-corrected chi connectivity index (χ2v) is 7.74. The highest BCUT2D eigenvalue weighted by molar-refractivity contribution is 7.20. The monoisotopic (exact) mass is 419 g/mol. The molecule has 0 aliphatic carbocycles. The van der Waals surface area contributed by atoms with Gasteiger partial charge in [-0.05, 0) is 44.0 Å². The number of benzene rings is 1. The van der Waals surface area contributed by atoms with Crippen LogP contribution in [0.15, 0.2) is 29.3 Å². The van der Waals surface area contributed by atoms with Crippen molar-refractivity contribution in [3.8, 4) is 0 Å². The molecule has 0 aliphatic heterocycles. The second kappa shape index (κ2) is 7.73. The molecule has 1 atom stereocenters. The smallest absolute Gasteiger partial charge is 0.348 e. The minimum absolute atomic E-state index is 0.312. The van der Waals surface area contributed by atoms with Crippen LogP contribution >= 0.6 is 22.9 Å². The number of aromatic nitrogens is 2. The molecule has 1 N–H and O–H groups in total. The molecule has 0 radical (unpaired) electrons. The zero-order valence-corrected chi connectivity index (χ0v) is 17.3. The van der Waals surface area contributed by atoms with E-state index in [2.05, 4.69) is 10.3 Å². The maximum atomic E-state index is 13.0. The highest BCUT2D eigenvalue weighted by Gasteiger charge is 2.23. The molecule has 7 nitrogen and oxygen atoms in total. The van der Waals surface area contributed by atoms with Crippen LogP contribution in [0.3, 0.4) is 0 Å². The number of rotatable bonds is 4. The summed E-state index contributed by atoms with van der Waals surface area (Å²) in [6, 6.07) is 4.36. The topological polar surface area (TPSA) is 90.3 Å². The number of hydrogen-bond acceptors (Lipinski definition) is 6. The molecule has 1 unspecified atom stereocenters. The molecule has 9 heteroatoms. The van der Waals surface area contributed by atoms with Crippen molar-refractivity contribution >= 4 is 50.7 Å². The number of amides is 1. The zero-order valence-electron chi connectivity index (χ0n) is 15.7. The lowest BCUT2D eigenvalue weighted by atomic mass is 10.2. The third kappa shape index (κ3) is 3.53. The number of aryl methyl sites for hydroxylation is 2. The minimum atomic E-state index is -0.816. The number of nitrogens with zero attached hydrogens (tertiary/aromatic N) is 2. The Morgan fingerprint density at radius 1 is 1.32 bits per heavy atom. The van der Waals surface area contributed by atoms with Crippen LogP contribution in [0.5, 0.6) is 0 Å². The molecule has 0 bridgehead atoms. The molecule has 2 heterocycles. The summed E-state index contributed by atoms with van der Waals surface area (Å²) in [6.07, 6.45) is 1.32. The molecule has 3 aromatic rings. The number of thiophene rings is 1. The third-order valence-corrected chi connectivity index (χ3v) is 5.92. The van der Waals surface area contributed by atoms with Gasteiger partial charge in [-0.3, -0.25) is 14.2 Å². The van der Waals surface area contributed by atoms with Gasteiger partial charge in [-0.2, -0.15) is 0 Å². The van der Waals surface area contributed by atoms with Crippen LogP contribution in [0.25, 0.3) is 10.2 Å². The highest BCUT2D eigenvalue weighted by atomic mass is 35.5. The minimum Gasteiger partial charge on any atom is -0.465 e. The standard InChI is InChI=1S/C19H18ClN3O4S/c1-9-5-6-12(20)7-13(9)22-16(24)11(3)23-8-21-17-14(18(23)25)10(2)15(28-17)19(26)27-4/h5-8,11H,1-4H3,(H,22,24). The van der Waals surface area contributed by atoms with Gasteiger partial charge in [0.25, 0.3) is 5.56 Å². The fraction of sp³-hybridized carbons (Fsp3) is 0.263. The van der Waals surface area contributed by atoms with Crippen molar-refractivity contribution in [1.29, 1.82) is 0 Å². The van der Waals surface area contributed by atoms with Crippen molar-refractivity contribution in [1.82, 2.24) is 9.55 Å². The van der Waals surface area contributed by atoms with Crippen LogP contribution in [0.1, 0.15) is 33.8 Å². The number of halogens is 1. The van der Waals surface area contributed by atoms with E-state index in [0.29, 0.717) is 31.4 Å². The van der Waals surface area contributed by atoms with Gasteiger partial charge in [0.2, 0.25) is 5.91 Å². The van der Waals surface area contributed by atoms with Gasteiger partial charge in [-0.1, -0.05) is 17.7 Å². The Balaban J connectivity index is 1.98. The second-order valence-electron chi connectivity index (χ2n) is 6.31. The molecule has 0 aliphatic rings. The molecule has 1 aromatic carbocycles. The molecule has 1 amide bonds. The lowest BCUT2D eigenvalue weighted by Gasteiger charge is -2.16. The van der Waals surface area contributed by atoms with E-state index < -0.39 is 12.0 Å². The van der Waals surface area contributed by atoms with Crippen molar-refractivity contribution in [2.24, 2.45) is 0 Å². The maximum absolute atomic E-state index is 13.0. The molecule has 0 saturated heterocycles. The summed E-state index contributed by atoms with van der Waals surface area (Å²) in [7, 11) is 1.28. The predicted molar refractivity (Wildman–Crippen MR) is 109 cm³/mol. The van der Waals surface area contributed by atoms with Crippen LogP contribution in [-0.4, -0.2) is 28.5 Å². The predicted octanol–water partition coefficient (Wildman–Crippen LogP) is 3.71. The molecule has 0 fully saturated rings. The van der Waals surface area contributed by atoms with E-state index in [1.807, 2.05) is 6.92 Å². The Morgan fingerprint density at radius 2 is 2.04 bits per heavy atom. The summed E-state index contributed by atoms with van der Waals surface area (Å²) in [5.74, 6) is -0.900. The summed E-state index contributed by atoms with van der Waals surface area (Å²) < 4.78 is 6.00. The van der Waals surface area contributed by atoms with Crippen LogP contribution in [0, 0.1) is 13.8 Å².